The second kappa shape index (κ2) is 40.3. The van der Waals surface area contributed by atoms with E-state index in [-0.39, 0.29) is 163 Å². The largest absolute Gasteiger partial charge is 1.00 e. The van der Waals surface area contributed by atoms with E-state index >= 15 is 0 Å². The molecule has 0 spiro atoms. The zero-order valence-corrected chi connectivity index (χ0v) is 68.5. The Labute approximate surface area is 628 Å². The van der Waals surface area contributed by atoms with E-state index in [9.17, 15) is 36.2 Å². The van der Waals surface area contributed by atoms with Crippen LogP contribution >= 0.6 is 47.4 Å². The standard InChI is InChI=1S/C20H42N3O4P.C17H27NO2.2C9H18NO2.C8H9Cl.C2H6Cl2NP.4CH4.2Na/c1-17(2)11-15(12-18(3,4)22(17)24)26-28(10,21-9)27-16-13-19(5,6)23(25)20(7,8)14-16;1-13-6-8-14(9-7-13)12-20-15-10-16(2,3)18(19)17(4,5)11-15;2*1-8(2)5-7(11)6-9(3,4)10(8)12;1-7-2-4-8(6-9)5-3-7;1-5-6(2,3)4;;;;;;/h15-16,24-25H,11-14H2,1-10H3;6-9,15,19H,10-12H2,1-5H3;2*7,12H,5-6H2,1-4H3;2-5H,6H2,1H3;1-2H3;4*1H4;;/q;;2*-1;;;;;;;2*+1. The van der Waals surface area contributed by atoms with Gasteiger partial charge < -0.3 is 50.0 Å². The summed E-state index contributed by atoms with van der Waals surface area (Å²) in [6, 6.07) is 16.7. The number of piperidine rings is 5. The number of ether oxygens (including phenoxy) is 1. The maximum Gasteiger partial charge on any atom is 1.00 e. The van der Waals surface area contributed by atoms with Crippen molar-refractivity contribution in [2.75, 3.05) is 27.4 Å². The zero-order valence-electron chi connectivity index (χ0n) is 60.4. The fraction of sp³-hybridized carbons (Fsp3) is 0.826. The molecule has 17 nitrogen and oxygen atoms in total. The monoisotopic (exact) mass is 1440 g/mol. The van der Waals surface area contributed by atoms with Crippen molar-refractivity contribution in [1.82, 2.24) is 25.3 Å². The minimum absolute atomic E-state index is 0. The molecule has 24 heteroatoms. The van der Waals surface area contributed by atoms with Crippen LogP contribution in [0.15, 0.2) is 58.0 Å². The van der Waals surface area contributed by atoms with Gasteiger partial charge in [-0.3, -0.25) is 9.49 Å². The minimum atomic E-state index is -2.43. The Morgan fingerprint density at radius 1 is 0.419 bits per heavy atom. The number of hydrogen-bond acceptors (Lipinski definition) is 17. The molecule has 0 amide bonds. The van der Waals surface area contributed by atoms with E-state index in [0.717, 1.165) is 12.8 Å². The van der Waals surface area contributed by atoms with Crippen molar-refractivity contribution in [2.45, 2.75) is 345 Å². The van der Waals surface area contributed by atoms with Crippen LogP contribution in [0.5, 0.6) is 0 Å². The molecule has 5 fully saturated rings. The van der Waals surface area contributed by atoms with Gasteiger partial charge in [-0.1, -0.05) is 112 Å². The first-order valence-corrected chi connectivity index (χ1v) is 37.4. The normalized spacial score (nSPS) is 23.2. The third-order valence-corrected chi connectivity index (χ3v) is 21.3. The summed E-state index contributed by atoms with van der Waals surface area (Å²) in [5, 5.41) is 80.8. The Hall–Kier alpha value is 1.17. The number of rotatable bonds is 8. The topological polar surface area (TPSA) is 216 Å². The van der Waals surface area contributed by atoms with E-state index in [1.807, 2.05) is 130 Å². The molecule has 0 radical (unpaired) electrons. The number of halogens is 3. The number of hydrogen-bond donors (Lipinski definition) is 5. The van der Waals surface area contributed by atoms with E-state index in [1.54, 1.807) is 20.8 Å². The molecule has 0 bridgehead atoms. The van der Waals surface area contributed by atoms with E-state index in [4.69, 9.17) is 47.9 Å². The smallest absolute Gasteiger partial charge is 0.852 e. The summed E-state index contributed by atoms with van der Waals surface area (Å²) in [6.07, 6.45) is 5.67. The molecule has 0 aromatic heterocycles. The van der Waals surface area contributed by atoms with Gasteiger partial charge in [0, 0.05) is 82.0 Å². The minimum Gasteiger partial charge on any atom is -0.852 e. The second-order valence-electron chi connectivity index (χ2n) is 31.4. The van der Waals surface area contributed by atoms with Gasteiger partial charge in [0.2, 0.25) is 7.51 Å². The molecule has 7 rings (SSSR count). The fourth-order valence-electron chi connectivity index (χ4n) is 13.4. The van der Waals surface area contributed by atoms with Crippen LogP contribution in [0, 0.1) is 13.8 Å². The van der Waals surface area contributed by atoms with E-state index in [0.29, 0.717) is 63.9 Å². The average Bonchev–Trinajstić information content (AvgIpc) is 0.872. The number of benzene rings is 2. The second-order valence-corrected chi connectivity index (χ2v) is 40.5. The van der Waals surface area contributed by atoms with Gasteiger partial charge in [0.05, 0.1) is 24.9 Å². The van der Waals surface area contributed by atoms with Crippen LogP contribution in [-0.4, -0.2) is 165 Å². The summed E-state index contributed by atoms with van der Waals surface area (Å²) in [6.45, 7) is 48.2. The van der Waals surface area contributed by atoms with Gasteiger partial charge >= 0.3 is 59.1 Å². The van der Waals surface area contributed by atoms with E-state index in [2.05, 4.69) is 87.4 Å². The number of alkyl halides is 1. The van der Waals surface area contributed by atoms with Gasteiger partial charge in [-0.25, -0.2) is 0 Å². The molecule has 93 heavy (non-hydrogen) atoms. The van der Waals surface area contributed by atoms with Gasteiger partial charge in [0.15, 0.2) is 0 Å². The SMILES string of the molecule is C.C.C.C.CC1(C)CC([O-])CC(C)(C)N1O.CC1(C)CC([O-])CC(C)(C)N1O.CN=P(C)(Cl)Cl.CN=P(C)(OC1CC(C)(C)N(O)C(C)(C)C1)OC1CC(C)(C)N(O)C(C)(C)C1.Cc1ccc(CCl)cc1.Cc1ccc(COC2CC(C)(C)N(O)C(C)(C)C2)cc1.[Na+].[Na+]. The third-order valence-electron chi connectivity index (χ3n) is 17.3. The van der Waals surface area contributed by atoms with Gasteiger partial charge in [-0.05, 0) is 234 Å². The molecule has 5 N–H and O–H groups in total. The average molecular weight is 1440 g/mol. The summed E-state index contributed by atoms with van der Waals surface area (Å²) < 4.78 is 27.3. The predicted molar refractivity (Wildman–Crippen MR) is 384 cm³/mol. The number of hydroxylamine groups is 10. The third kappa shape index (κ3) is 32.6. The van der Waals surface area contributed by atoms with Crippen LogP contribution in [0.1, 0.15) is 255 Å². The van der Waals surface area contributed by atoms with Crippen molar-refractivity contribution in [3.8, 4) is 0 Å². The zero-order chi connectivity index (χ0) is 67.8. The first kappa shape index (κ1) is 103. The first-order chi connectivity index (χ1) is 39.0. The quantitative estimate of drug-likeness (QED) is 0.0944. The number of aryl methyl sites for hydroxylation is 2. The molecular formula is C69H136Cl3N7Na2O10P2. The van der Waals surface area contributed by atoms with Crippen molar-refractivity contribution in [3.63, 3.8) is 0 Å². The van der Waals surface area contributed by atoms with Gasteiger partial charge in [0.25, 0.3) is 0 Å². The Morgan fingerprint density at radius 3 is 0.828 bits per heavy atom. The molecule has 2 aromatic carbocycles. The molecule has 0 atom stereocenters. The Morgan fingerprint density at radius 2 is 0.624 bits per heavy atom. The molecule has 2 aromatic rings. The summed E-state index contributed by atoms with van der Waals surface area (Å²) in [4.78, 5) is 0. The van der Waals surface area contributed by atoms with Crippen LogP contribution < -0.4 is 69.3 Å². The van der Waals surface area contributed by atoms with Crippen molar-refractivity contribution in [2.24, 2.45) is 9.49 Å². The van der Waals surface area contributed by atoms with Crippen molar-refractivity contribution in [1.29, 1.82) is 0 Å². The maximum absolute atomic E-state index is 11.4. The van der Waals surface area contributed by atoms with Gasteiger partial charge in [-0.2, -0.15) is 25.3 Å². The summed E-state index contributed by atoms with van der Waals surface area (Å²) in [5.41, 5.74) is 1.40. The Kier molecular flexibility index (Phi) is 44.5. The van der Waals surface area contributed by atoms with Crippen LogP contribution in [0.2, 0.25) is 0 Å². The van der Waals surface area contributed by atoms with E-state index in [1.165, 1.54) is 47.6 Å². The maximum atomic E-state index is 11.4. The Bertz CT molecular complexity index is 2370. The van der Waals surface area contributed by atoms with Crippen LogP contribution in [0.3, 0.4) is 0 Å². The van der Waals surface area contributed by atoms with Crippen LogP contribution in [0.4, 0.5) is 0 Å². The molecule has 5 aliphatic rings. The molecule has 0 aliphatic carbocycles. The molecular weight excluding hydrogens is 1300 g/mol. The van der Waals surface area contributed by atoms with Crippen molar-refractivity contribution < 1.29 is 109 Å². The summed E-state index contributed by atoms with van der Waals surface area (Å²) in [5.74, 6) is -1.22. The molecule has 5 aliphatic heterocycles. The van der Waals surface area contributed by atoms with Crippen LogP contribution in [0.25, 0.3) is 0 Å². The summed E-state index contributed by atoms with van der Waals surface area (Å²) >= 11 is 16.4. The molecule has 5 saturated heterocycles. The first-order valence-electron chi connectivity index (χ1n) is 30.8. The molecule has 540 valence electrons. The number of nitrogens with zero attached hydrogens (tertiary/aromatic N) is 7. The molecule has 0 saturated carbocycles. The molecule has 0 unspecified atom stereocenters. The van der Waals surface area contributed by atoms with Crippen molar-refractivity contribution in [3.05, 3.63) is 70.8 Å². The molecule has 5 heterocycles. The van der Waals surface area contributed by atoms with E-state index < -0.39 is 25.5 Å². The van der Waals surface area contributed by atoms with Crippen LogP contribution in [-0.2, 0) is 26.3 Å². The predicted octanol–water partition coefficient (Wildman–Crippen LogP) is 12.6. The van der Waals surface area contributed by atoms with Gasteiger partial charge in [0.1, 0.15) is 5.76 Å². The summed E-state index contributed by atoms with van der Waals surface area (Å²) in [7, 11) is 0.958. The Balaban J connectivity index is -0.000000350. The van der Waals surface area contributed by atoms with Gasteiger partial charge in [-0.15, -0.1) is 23.8 Å². The van der Waals surface area contributed by atoms with Crippen molar-refractivity contribution >= 4 is 47.4 Å². The fourth-order valence-corrected chi connectivity index (χ4v) is 15.2.